The number of rotatable bonds is 5. The van der Waals surface area contributed by atoms with Crippen LogP contribution >= 0.6 is 0 Å². The van der Waals surface area contributed by atoms with E-state index in [1.54, 1.807) is 17.9 Å². The van der Waals surface area contributed by atoms with Gasteiger partial charge in [0.05, 0.1) is 25.2 Å². The Morgan fingerprint density at radius 2 is 2.31 bits per heavy atom. The first-order valence-electron chi connectivity index (χ1n) is 5.42. The summed E-state index contributed by atoms with van der Waals surface area (Å²) in [6.45, 7) is 4.07. The van der Waals surface area contributed by atoms with Crippen LogP contribution in [0.15, 0.2) is 12.5 Å². The molecule has 0 saturated carbocycles. The van der Waals surface area contributed by atoms with Gasteiger partial charge in [0.1, 0.15) is 5.69 Å². The highest BCUT2D eigenvalue weighted by molar-refractivity contribution is 5.92. The molecule has 1 atom stereocenters. The first-order chi connectivity index (χ1) is 7.54. The lowest BCUT2D eigenvalue weighted by atomic mass is 10.0. The van der Waals surface area contributed by atoms with Gasteiger partial charge in [0.2, 0.25) is 0 Å². The van der Waals surface area contributed by atoms with Gasteiger partial charge in [-0.25, -0.2) is 4.98 Å². The first kappa shape index (κ1) is 12.7. The van der Waals surface area contributed by atoms with E-state index in [2.05, 4.69) is 24.1 Å². The number of nitrogens with zero attached hydrogens (tertiary/aromatic N) is 2. The second-order valence-corrected chi connectivity index (χ2v) is 4.37. The monoisotopic (exact) mass is 225 g/mol. The number of aliphatic hydroxyl groups is 1. The second kappa shape index (κ2) is 5.65. The zero-order valence-corrected chi connectivity index (χ0v) is 9.97. The van der Waals surface area contributed by atoms with Crippen molar-refractivity contribution in [1.82, 2.24) is 14.9 Å². The molecule has 5 nitrogen and oxygen atoms in total. The number of carbonyl (C=O) groups is 1. The average molecular weight is 225 g/mol. The highest BCUT2D eigenvalue weighted by atomic mass is 16.3. The van der Waals surface area contributed by atoms with Gasteiger partial charge < -0.3 is 15.0 Å². The summed E-state index contributed by atoms with van der Waals surface area (Å²) in [6.07, 6.45) is 3.85. The van der Waals surface area contributed by atoms with E-state index in [1.165, 1.54) is 6.20 Å². The molecule has 5 heteroatoms. The molecule has 0 fully saturated rings. The summed E-state index contributed by atoms with van der Waals surface area (Å²) >= 11 is 0. The van der Waals surface area contributed by atoms with Gasteiger partial charge in [0.25, 0.3) is 5.91 Å². The summed E-state index contributed by atoms with van der Waals surface area (Å²) < 4.78 is 1.65. The van der Waals surface area contributed by atoms with Crippen LogP contribution in [0.5, 0.6) is 0 Å². The third kappa shape index (κ3) is 3.34. The number of nitrogens with one attached hydrogen (secondary N) is 1. The zero-order chi connectivity index (χ0) is 12.1. The van der Waals surface area contributed by atoms with Crippen molar-refractivity contribution in [2.45, 2.75) is 26.3 Å². The Hall–Kier alpha value is -1.36. The Balaban J connectivity index is 2.59. The standard InChI is InChI=1S/C11H19N3O2/c1-8(2)4-9(6-15)13-11(16)10-5-12-7-14(10)3/h5,7-9,15H,4,6H2,1-3H3,(H,13,16). The van der Waals surface area contributed by atoms with Crippen molar-refractivity contribution in [2.75, 3.05) is 6.61 Å². The molecule has 2 N–H and O–H groups in total. The number of imidazole rings is 1. The maximum atomic E-state index is 11.8. The SMILES string of the molecule is CC(C)CC(CO)NC(=O)c1cncn1C. The van der Waals surface area contributed by atoms with Gasteiger partial charge in [-0.3, -0.25) is 4.79 Å². The molecule has 0 saturated heterocycles. The van der Waals surface area contributed by atoms with E-state index >= 15 is 0 Å². The van der Waals surface area contributed by atoms with Crippen LogP contribution in [0.25, 0.3) is 0 Å². The molecular formula is C11H19N3O2. The van der Waals surface area contributed by atoms with Gasteiger partial charge in [0, 0.05) is 7.05 Å². The fourth-order valence-electron chi connectivity index (χ4n) is 1.58. The Labute approximate surface area is 95.5 Å². The van der Waals surface area contributed by atoms with Crippen molar-refractivity contribution in [1.29, 1.82) is 0 Å². The van der Waals surface area contributed by atoms with Gasteiger partial charge in [0.15, 0.2) is 0 Å². The molecule has 0 aliphatic heterocycles. The van der Waals surface area contributed by atoms with Crippen LogP contribution < -0.4 is 5.32 Å². The minimum atomic E-state index is -0.195. The van der Waals surface area contributed by atoms with E-state index in [4.69, 9.17) is 5.11 Å². The number of hydrogen-bond donors (Lipinski definition) is 2. The normalized spacial score (nSPS) is 12.8. The smallest absolute Gasteiger partial charge is 0.269 e. The number of carbonyl (C=O) groups excluding carboxylic acids is 1. The van der Waals surface area contributed by atoms with Crippen molar-refractivity contribution in [2.24, 2.45) is 13.0 Å². The second-order valence-electron chi connectivity index (χ2n) is 4.37. The molecule has 0 bridgehead atoms. The summed E-state index contributed by atoms with van der Waals surface area (Å²) in [5.74, 6) is 0.240. The minimum absolute atomic E-state index is 0.0399. The number of hydrogen-bond acceptors (Lipinski definition) is 3. The van der Waals surface area contributed by atoms with Gasteiger partial charge in [-0.15, -0.1) is 0 Å². The van der Waals surface area contributed by atoms with Crippen LogP contribution in [0.2, 0.25) is 0 Å². The predicted molar refractivity (Wildman–Crippen MR) is 61.0 cm³/mol. The Bertz CT molecular complexity index is 347. The lowest BCUT2D eigenvalue weighted by Gasteiger charge is -2.18. The molecule has 0 radical (unpaired) electrons. The Kier molecular flexibility index (Phi) is 4.49. The van der Waals surface area contributed by atoms with Gasteiger partial charge in [-0.1, -0.05) is 13.8 Å². The molecule has 90 valence electrons. The molecule has 1 rings (SSSR count). The molecule has 0 aliphatic rings. The quantitative estimate of drug-likeness (QED) is 0.769. The predicted octanol–water partition coefficient (Wildman–Crippen LogP) is 0.557. The van der Waals surface area contributed by atoms with Crippen LogP contribution in [0.3, 0.4) is 0 Å². The molecule has 16 heavy (non-hydrogen) atoms. The third-order valence-electron chi connectivity index (χ3n) is 2.36. The maximum Gasteiger partial charge on any atom is 0.269 e. The van der Waals surface area contributed by atoms with E-state index in [0.717, 1.165) is 6.42 Å². The van der Waals surface area contributed by atoms with Crippen molar-refractivity contribution < 1.29 is 9.90 Å². The molecule has 0 spiro atoms. The van der Waals surface area contributed by atoms with Crippen LogP contribution in [0.4, 0.5) is 0 Å². The minimum Gasteiger partial charge on any atom is -0.394 e. The summed E-state index contributed by atoms with van der Waals surface area (Å²) in [7, 11) is 1.76. The lowest BCUT2D eigenvalue weighted by molar-refractivity contribution is 0.0900. The first-order valence-corrected chi connectivity index (χ1v) is 5.42. The average Bonchev–Trinajstić information content (AvgIpc) is 2.62. The van der Waals surface area contributed by atoms with Gasteiger partial charge in [-0.2, -0.15) is 0 Å². The number of aryl methyl sites for hydroxylation is 1. The molecule has 1 heterocycles. The maximum absolute atomic E-state index is 11.8. The molecular weight excluding hydrogens is 206 g/mol. The third-order valence-corrected chi connectivity index (χ3v) is 2.36. The van der Waals surface area contributed by atoms with Crippen LogP contribution in [0.1, 0.15) is 30.8 Å². The fourth-order valence-corrected chi connectivity index (χ4v) is 1.58. The zero-order valence-electron chi connectivity index (χ0n) is 9.97. The van der Waals surface area contributed by atoms with E-state index < -0.39 is 0 Å². The number of aliphatic hydroxyl groups excluding tert-OH is 1. The molecule has 1 aromatic rings. The molecule has 0 aromatic carbocycles. The topological polar surface area (TPSA) is 67.2 Å². The summed E-state index contributed by atoms with van der Waals surface area (Å²) in [5.41, 5.74) is 0.502. The summed E-state index contributed by atoms with van der Waals surface area (Å²) in [6, 6.07) is -0.192. The van der Waals surface area contributed by atoms with Crippen molar-refractivity contribution in [3.8, 4) is 0 Å². The fraction of sp³-hybridized carbons (Fsp3) is 0.636. The Morgan fingerprint density at radius 3 is 2.75 bits per heavy atom. The van der Waals surface area contributed by atoms with Crippen molar-refractivity contribution in [3.63, 3.8) is 0 Å². The lowest BCUT2D eigenvalue weighted by Crippen LogP contribution is -2.39. The van der Waals surface area contributed by atoms with E-state index in [1.807, 2.05) is 0 Å². The van der Waals surface area contributed by atoms with Crippen LogP contribution in [0, 0.1) is 5.92 Å². The molecule has 0 aliphatic carbocycles. The molecule has 1 unspecified atom stereocenters. The van der Waals surface area contributed by atoms with Crippen molar-refractivity contribution >= 4 is 5.91 Å². The highest BCUT2D eigenvalue weighted by Gasteiger charge is 2.16. The van der Waals surface area contributed by atoms with Crippen LogP contribution in [-0.2, 0) is 7.05 Å². The Morgan fingerprint density at radius 1 is 1.62 bits per heavy atom. The van der Waals surface area contributed by atoms with E-state index in [0.29, 0.717) is 11.6 Å². The van der Waals surface area contributed by atoms with Crippen LogP contribution in [-0.4, -0.2) is 33.2 Å². The number of amides is 1. The largest absolute Gasteiger partial charge is 0.394 e. The van der Waals surface area contributed by atoms with Gasteiger partial charge in [-0.05, 0) is 12.3 Å². The van der Waals surface area contributed by atoms with E-state index in [-0.39, 0.29) is 18.6 Å². The van der Waals surface area contributed by atoms with Gasteiger partial charge >= 0.3 is 0 Å². The summed E-state index contributed by atoms with van der Waals surface area (Å²) in [5, 5.41) is 11.9. The molecule has 1 aromatic heterocycles. The highest BCUT2D eigenvalue weighted by Crippen LogP contribution is 2.05. The van der Waals surface area contributed by atoms with Crippen molar-refractivity contribution in [3.05, 3.63) is 18.2 Å². The van der Waals surface area contributed by atoms with E-state index in [9.17, 15) is 4.79 Å². The number of aromatic nitrogens is 2. The summed E-state index contributed by atoms with van der Waals surface area (Å²) in [4.78, 5) is 15.7. The molecule has 1 amide bonds.